The normalized spacial score (nSPS) is 17.7. The van der Waals surface area contributed by atoms with Crippen molar-refractivity contribution in [2.24, 2.45) is 4.99 Å². The highest BCUT2D eigenvalue weighted by molar-refractivity contribution is 6.01. The zero-order chi connectivity index (χ0) is 29.1. The molecule has 3 aromatic rings. The lowest BCUT2D eigenvalue weighted by Gasteiger charge is -2.29. The minimum Gasteiger partial charge on any atom is -0.497 e. The SMILES string of the molecule is C=CC[C@]1(C(=O)NNCCc2ccc(OC)cc2)N=C(c2ccc(OCCCO)cc2)O[C@H]1c1cccc(OC)c1. The molecule has 0 aromatic heterocycles. The van der Waals surface area contributed by atoms with Gasteiger partial charge in [-0.3, -0.25) is 10.2 Å². The molecule has 2 atom stereocenters. The van der Waals surface area contributed by atoms with Crippen LogP contribution in [0.5, 0.6) is 17.2 Å². The van der Waals surface area contributed by atoms with Crippen LogP contribution in [-0.2, 0) is 16.0 Å². The minimum atomic E-state index is -1.31. The molecule has 216 valence electrons. The lowest BCUT2D eigenvalue weighted by atomic mass is 9.84. The monoisotopic (exact) mass is 559 g/mol. The number of nitrogens with one attached hydrogen (secondary N) is 2. The third kappa shape index (κ3) is 7.25. The van der Waals surface area contributed by atoms with Crippen LogP contribution in [0.25, 0.3) is 0 Å². The molecule has 4 rings (SSSR count). The standard InChI is InChI=1S/C32H37N3O6/c1-4-18-32(31(37)35-33-19-17-23-9-13-26(38-2)14-10-23)29(25-7-5-8-28(22-25)39-3)41-30(34-32)24-11-15-27(16-12-24)40-21-6-20-36/h4-5,7-16,22,29,33,36H,1,6,17-21H2,2-3H3,(H,35,37)/t29-,32-/m0/s1. The Morgan fingerprint density at radius 3 is 2.46 bits per heavy atom. The molecule has 1 aliphatic rings. The van der Waals surface area contributed by atoms with E-state index in [1.807, 2.05) is 72.8 Å². The number of aliphatic imine (C=N–C) groups is 1. The summed E-state index contributed by atoms with van der Waals surface area (Å²) in [5.41, 5.74) is 7.17. The fraction of sp³-hybridized carbons (Fsp3) is 0.312. The summed E-state index contributed by atoms with van der Waals surface area (Å²) in [7, 11) is 3.23. The van der Waals surface area contributed by atoms with Crippen LogP contribution >= 0.6 is 0 Å². The van der Waals surface area contributed by atoms with Gasteiger partial charge in [-0.1, -0.05) is 30.3 Å². The quantitative estimate of drug-likeness (QED) is 0.146. The van der Waals surface area contributed by atoms with Crippen molar-refractivity contribution in [1.82, 2.24) is 10.9 Å². The zero-order valence-corrected chi connectivity index (χ0v) is 23.5. The molecule has 9 nitrogen and oxygen atoms in total. The largest absolute Gasteiger partial charge is 0.497 e. The van der Waals surface area contributed by atoms with Gasteiger partial charge in [0.2, 0.25) is 5.90 Å². The summed E-state index contributed by atoms with van der Waals surface area (Å²) >= 11 is 0. The highest BCUT2D eigenvalue weighted by atomic mass is 16.5. The van der Waals surface area contributed by atoms with Crippen LogP contribution in [0, 0.1) is 0 Å². The average Bonchev–Trinajstić information content (AvgIpc) is 3.41. The van der Waals surface area contributed by atoms with Crippen LogP contribution < -0.4 is 25.1 Å². The van der Waals surface area contributed by atoms with Gasteiger partial charge in [0.15, 0.2) is 11.6 Å². The predicted octanol–water partition coefficient (Wildman–Crippen LogP) is 4.16. The first-order valence-electron chi connectivity index (χ1n) is 13.5. The molecule has 0 unspecified atom stereocenters. The fourth-order valence-corrected chi connectivity index (χ4v) is 4.59. The number of aliphatic hydroxyl groups is 1. The number of methoxy groups -OCH3 is 2. The number of amides is 1. The van der Waals surface area contributed by atoms with Crippen molar-refractivity contribution in [3.05, 3.63) is 102 Å². The number of hydrogen-bond donors (Lipinski definition) is 3. The van der Waals surface area contributed by atoms with E-state index in [4.69, 9.17) is 29.0 Å². The van der Waals surface area contributed by atoms with Crippen LogP contribution in [0.2, 0.25) is 0 Å². The molecule has 0 fully saturated rings. The van der Waals surface area contributed by atoms with Crippen LogP contribution in [0.15, 0.2) is 90.4 Å². The number of ether oxygens (including phenoxy) is 4. The van der Waals surface area contributed by atoms with Crippen LogP contribution in [-0.4, -0.2) is 56.4 Å². The van der Waals surface area contributed by atoms with E-state index in [0.717, 1.165) is 16.9 Å². The summed E-state index contributed by atoms with van der Waals surface area (Å²) in [6.45, 7) is 4.91. The van der Waals surface area contributed by atoms with E-state index in [1.165, 1.54) is 0 Å². The van der Waals surface area contributed by atoms with Crippen LogP contribution in [0.4, 0.5) is 0 Å². The number of hydrazine groups is 1. The molecule has 0 aliphatic carbocycles. The smallest absolute Gasteiger partial charge is 0.266 e. The van der Waals surface area contributed by atoms with Crippen molar-refractivity contribution in [3.8, 4) is 17.2 Å². The van der Waals surface area contributed by atoms with Gasteiger partial charge in [0.05, 0.1) is 20.8 Å². The lowest BCUT2D eigenvalue weighted by molar-refractivity contribution is -0.129. The molecule has 3 N–H and O–H groups in total. The van der Waals surface area contributed by atoms with E-state index < -0.39 is 11.6 Å². The Labute approximate surface area is 240 Å². The van der Waals surface area contributed by atoms with Gasteiger partial charge in [-0.2, -0.15) is 0 Å². The fourth-order valence-electron chi connectivity index (χ4n) is 4.59. The average molecular weight is 560 g/mol. The Morgan fingerprint density at radius 2 is 1.78 bits per heavy atom. The molecule has 3 aromatic carbocycles. The van der Waals surface area contributed by atoms with Crippen molar-refractivity contribution in [3.63, 3.8) is 0 Å². The predicted molar refractivity (Wildman–Crippen MR) is 157 cm³/mol. The molecule has 0 radical (unpaired) electrons. The Morgan fingerprint density at radius 1 is 1.05 bits per heavy atom. The molecular weight excluding hydrogens is 522 g/mol. The second-order valence-electron chi connectivity index (χ2n) is 9.54. The van der Waals surface area contributed by atoms with E-state index >= 15 is 0 Å². The molecule has 0 saturated heterocycles. The van der Waals surface area contributed by atoms with Gasteiger partial charge in [-0.15, -0.1) is 6.58 Å². The highest BCUT2D eigenvalue weighted by Gasteiger charge is 2.52. The van der Waals surface area contributed by atoms with Gasteiger partial charge >= 0.3 is 0 Å². The second-order valence-corrected chi connectivity index (χ2v) is 9.54. The number of nitrogens with zero attached hydrogens (tertiary/aromatic N) is 1. The van der Waals surface area contributed by atoms with E-state index in [1.54, 1.807) is 20.3 Å². The van der Waals surface area contributed by atoms with Crippen molar-refractivity contribution in [1.29, 1.82) is 0 Å². The Balaban J connectivity index is 1.56. The van der Waals surface area contributed by atoms with E-state index in [2.05, 4.69) is 17.4 Å². The van der Waals surface area contributed by atoms with E-state index in [-0.39, 0.29) is 18.9 Å². The Hall–Kier alpha value is -4.34. The van der Waals surface area contributed by atoms with Crippen molar-refractivity contribution in [2.75, 3.05) is 34.0 Å². The summed E-state index contributed by atoms with van der Waals surface area (Å²) < 4.78 is 22.7. The summed E-state index contributed by atoms with van der Waals surface area (Å²) in [5.74, 6) is 2.12. The number of carbonyl (C=O) groups is 1. The first-order chi connectivity index (χ1) is 20.0. The van der Waals surface area contributed by atoms with Gasteiger partial charge in [-0.05, 0) is 66.1 Å². The second kappa shape index (κ2) is 14.3. The number of benzene rings is 3. The lowest BCUT2D eigenvalue weighted by Crippen LogP contribution is -2.52. The van der Waals surface area contributed by atoms with Gasteiger partial charge in [0.25, 0.3) is 5.91 Å². The molecule has 1 aliphatic heterocycles. The number of aliphatic hydroxyl groups excluding tert-OH is 1. The molecule has 1 heterocycles. The summed E-state index contributed by atoms with van der Waals surface area (Å²) in [6, 6.07) is 22.5. The van der Waals surface area contributed by atoms with E-state index in [9.17, 15) is 4.79 Å². The summed E-state index contributed by atoms with van der Waals surface area (Å²) in [4.78, 5) is 18.8. The number of hydrogen-bond acceptors (Lipinski definition) is 8. The molecule has 9 heteroatoms. The van der Waals surface area contributed by atoms with E-state index in [0.29, 0.717) is 49.0 Å². The third-order valence-electron chi connectivity index (χ3n) is 6.78. The molecular formula is C32H37N3O6. The van der Waals surface area contributed by atoms with Gasteiger partial charge < -0.3 is 24.1 Å². The Bertz CT molecular complexity index is 1330. The Kier molecular flexibility index (Phi) is 10.4. The summed E-state index contributed by atoms with van der Waals surface area (Å²) in [5, 5.41) is 8.99. The first-order valence-corrected chi connectivity index (χ1v) is 13.5. The first kappa shape index (κ1) is 29.6. The van der Waals surface area contributed by atoms with Gasteiger partial charge in [0, 0.05) is 31.6 Å². The number of rotatable bonds is 15. The number of carbonyl (C=O) groups excluding carboxylic acids is 1. The van der Waals surface area contributed by atoms with Crippen molar-refractivity contribution < 1.29 is 28.8 Å². The van der Waals surface area contributed by atoms with Crippen molar-refractivity contribution in [2.45, 2.75) is 30.9 Å². The molecule has 41 heavy (non-hydrogen) atoms. The third-order valence-corrected chi connectivity index (χ3v) is 6.78. The van der Waals surface area contributed by atoms with Gasteiger partial charge in [0.1, 0.15) is 17.2 Å². The molecule has 0 bridgehead atoms. The topological polar surface area (TPSA) is 111 Å². The van der Waals surface area contributed by atoms with Gasteiger partial charge in [-0.25, -0.2) is 10.4 Å². The highest BCUT2D eigenvalue weighted by Crippen LogP contribution is 2.43. The minimum absolute atomic E-state index is 0.0676. The zero-order valence-electron chi connectivity index (χ0n) is 23.5. The maximum Gasteiger partial charge on any atom is 0.266 e. The maximum atomic E-state index is 13.9. The van der Waals surface area contributed by atoms with Crippen molar-refractivity contribution >= 4 is 11.8 Å². The molecule has 0 saturated carbocycles. The summed E-state index contributed by atoms with van der Waals surface area (Å²) in [6.07, 6.45) is 2.45. The van der Waals surface area contributed by atoms with Crippen LogP contribution in [0.3, 0.4) is 0 Å². The molecule has 0 spiro atoms. The maximum absolute atomic E-state index is 13.9. The van der Waals surface area contributed by atoms with Crippen LogP contribution in [0.1, 0.15) is 35.6 Å². The molecule has 1 amide bonds.